The van der Waals surface area contributed by atoms with Crippen molar-refractivity contribution in [2.45, 2.75) is 52.1 Å². The minimum absolute atomic E-state index is 0. The van der Waals surface area contributed by atoms with Crippen molar-refractivity contribution < 1.29 is 0 Å². The highest BCUT2D eigenvalue weighted by atomic mass is 127. The maximum absolute atomic E-state index is 4.77. The minimum Gasteiger partial charge on any atom is -0.357 e. The lowest BCUT2D eigenvalue weighted by Crippen LogP contribution is -2.48. The Hall–Kier alpha value is -0.930. The van der Waals surface area contributed by atoms with Crippen molar-refractivity contribution in [1.29, 1.82) is 0 Å². The molecule has 1 aliphatic heterocycles. The zero-order chi connectivity index (χ0) is 19.3. The number of rotatable bonds is 10. The van der Waals surface area contributed by atoms with Crippen LogP contribution in [0.15, 0.2) is 29.4 Å². The predicted molar refractivity (Wildman–Crippen MR) is 129 cm³/mol. The maximum Gasteiger partial charge on any atom is 0.191 e. The molecule has 2 rings (SSSR count). The highest BCUT2D eigenvalue weighted by Gasteiger charge is 2.20. The number of hydrogen-bond donors (Lipinski definition) is 2. The molecule has 160 valence electrons. The van der Waals surface area contributed by atoms with Gasteiger partial charge in [-0.3, -0.25) is 14.9 Å². The Morgan fingerprint density at radius 3 is 2.68 bits per heavy atom. The van der Waals surface area contributed by atoms with Crippen LogP contribution >= 0.6 is 24.0 Å². The number of likely N-dealkylation sites (tertiary alicyclic amines) is 1. The Morgan fingerprint density at radius 1 is 1.25 bits per heavy atom. The number of aliphatic imine (C=N–C) groups is 1. The van der Waals surface area contributed by atoms with Crippen LogP contribution in [0.3, 0.4) is 0 Å². The molecule has 28 heavy (non-hydrogen) atoms. The molecule has 0 spiro atoms. The van der Waals surface area contributed by atoms with Gasteiger partial charge in [-0.2, -0.15) is 0 Å². The number of halogens is 1. The van der Waals surface area contributed by atoms with Crippen molar-refractivity contribution in [3.63, 3.8) is 0 Å². The second-order valence-electron chi connectivity index (χ2n) is 7.43. The van der Waals surface area contributed by atoms with E-state index in [0.29, 0.717) is 6.04 Å². The average molecular weight is 502 g/mol. The van der Waals surface area contributed by atoms with Gasteiger partial charge in [-0.25, -0.2) is 0 Å². The molecule has 0 saturated carbocycles. The zero-order valence-electron chi connectivity index (χ0n) is 17.9. The first-order valence-corrected chi connectivity index (χ1v) is 10.6. The summed E-state index contributed by atoms with van der Waals surface area (Å²) >= 11 is 0. The van der Waals surface area contributed by atoms with Gasteiger partial charge in [0.1, 0.15) is 0 Å². The molecule has 0 aliphatic carbocycles. The van der Waals surface area contributed by atoms with Gasteiger partial charge in [-0.15, -0.1) is 24.0 Å². The van der Waals surface area contributed by atoms with Gasteiger partial charge >= 0.3 is 0 Å². The summed E-state index contributed by atoms with van der Waals surface area (Å²) in [5.74, 6) is 0.963. The molecular formula is C21H39IN6. The third kappa shape index (κ3) is 10.0. The first-order chi connectivity index (χ1) is 13.2. The molecule has 0 aromatic carbocycles. The highest BCUT2D eigenvalue weighted by Crippen LogP contribution is 2.12. The summed E-state index contributed by atoms with van der Waals surface area (Å²) in [7, 11) is 2.18. The monoisotopic (exact) mass is 502 g/mol. The van der Waals surface area contributed by atoms with Crippen molar-refractivity contribution in [3.05, 3.63) is 30.1 Å². The Balaban J connectivity index is 0.00000392. The number of unbranched alkanes of at least 4 members (excludes halogenated alkanes) is 1. The Kier molecular flexibility index (Phi) is 13.4. The van der Waals surface area contributed by atoms with Gasteiger partial charge in [0.25, 0.3) is 0 Å². The van der Waals surface area contributed by atoms with E-state index in [2.05, 4.69) is 58.4 Å². The van der Waals surface area contributed by atoms with Crippen molar-refractivity contribution in [1.82, 2.24) is 25.4 Å². The van der Waals surface area contributed by atoms with Gasteiger partial charge < -0.3 is 15.5 Å². The molecule has 1 aromatic rings. The van der Waals surface area contributed by atoms with Crippen LogP contribution in [0.25, 0.3) is 0 Å². The molecule has 6 nitrogen and oxygen atoms in total. The maximum atomic E-state index is 4.77. The molecule has 0 amide bonds. The lowest BCUT2D eigenvalue weighted by Gasteiger charge is -2.32. The summed E-state index contributed by atoms with van der Waals surface area (Å²) in [6.07, 6.45) is 6.68. The topological polar surface area (TPSA) is 55.8 Å². The molecular weight excluding hydrogens is 463 g/mol. The second-order valence-corrected chi connectivity index (χ2v) is 7.43. The molecule has 0 radical (unpaired) electrons. The largest absolute Gasteiger partial charge is 0.357 e. The SMILES string of the molecule is CCCCN(C)CCN=C(NCC)NC1CCN(Cc2ccccn2)CC1.I. The van der Waals surface area contributed by atoms with Crippen LogP contribution in [0.2, 0.25) is 0 Å². The van der Waals surface area contributed by atoms with Crippen molar-refractivity contribution in [3.8, 4) is 0 Å². The Bertz CT molecular complexity index is 531. The summed E-state index contributed by atoms with van der Waals surface area (Å²) in [6, 6.07) is 6.65. The van der Waals surface area contributed by atoms with E-state index in [9.17, 15) is 0 Å². The number of guanidine groups is 1. The number of pyridine rings is 1. The number of nitrogens with one attached hydrogen (secondary N) is 2. The standard InChI is InChI=1S/C21H38N6.HI/c1-4-6-14-26(3)17-13-24-21(22-5-2)25-19-10-15-27(16-11-19)18-20-9-7-8-12-23-20;/h7-9,12,19H,4-6,10-11,13-18H2,1-3H3,(H2,22,24,25);1H. The van der Waals surface area contributed by atoms with E-state index >= 15 is 0 Å². The van der Waals surface area contributed by atoms with Gasteiger partial charge in [0.2, 0.25) is 0 Å². The van der Waals surface area contributed by atoms with Crippen LogP contribution in [0.1, 0.15) is 45.2 Å². The summed E-state index contributed by atoms with van der Waals surface area (Å²) < 4.78 is 0. The summed E-state index contributed by atoms with van der Waals surface area (Å²) in [6.45, 7) is 11.4. The lowest BCUT2D eigenvalue weighted by atomic mass is 10.0. The molecule has 0 unspecified atom stereocenters. The number of aromatic nitrogens is 1. The first-order valence-electron chi connectivity index (χ1n) is 10.6. The van der Waals surface area contributed by atoms with E-state index in [0.717, 1.165) is 70.3 Å². The molecule has 1 fully saturated rings. The number of hydrogen-bond acceptors (Lipinski definition) is 4. The van der Waals surface area contributed by atoms with Gasteiger partial charge in [-0.05, 0) is 51.9 Å². The van der Waals surface area contributed by atoms with Crippen LogP contribution in [0, 0.1) is 0 Å². The molecule has 7 heteroatoms. The zero-order valence-corrected chi connectivity index (χ0v) is 20.2. The van der Waals surface area contributed by atoms with Crippen LogP contribution in [-0.4, -0.2) is 73.1 Å². The van der Waals surface area contributed by atoms with Crippen molar-refractivity contribution in [2.75, 3.05) is 46.3 Å². The number of nitrogens with zero attached hydrogens (tertiary/aromatic N) is 4. The van der Waals surface area contributed by atoms with Crippen molar-refractivity contribution >= 4 is 29.9 Å². The van der Waals surface area contributed by atoms with Crippen LogP contribution in [0.5, 0.6) is 0 Å². The molecule has 2 N–H and O–H groups in total. The van der Waals surface area contributed by atoms with Gasteiger partial charge in [0.15, 0.2) is 5.96 Å². The molecule has 1 aliphatic rings. The van der Waals surface area contributed by atoms with E-state index < -0.39 is 0 Å². The van der Waals surface area contributed by atoms with E-state index in [4.69, 9.17) is 4.99 Å². The first kappa shape index (κ1) is 25.1. The summed E-state index contributed by atoms with van der Waals surface area (Å²) in [5.41, 5.74) is 1.16. The third-order valence-electron chi connectivity index (χ3n) is 5.03. The van der Waals surface area contributed by atoms with Crippen LogP contribution in [-0.2, 0) is 6.54 Å². The highest BCUT2D eigenvalue weighted by molar-refractivity contribution is 14.0. The lowest BCUT2D eigenvalue weighted by molar-refractivity contribution is 0.196. The van der Waals surface area contributed by atoms with Gasteiger partial charge in [-0.1, -0.05) is 19.4 Å². The molecule has 1 aromatic heterocycles. The van der Waals surface area contributed by atoms with E-state index in [1.807, 2.05) is 12.3 Å². The molecule has 0 atom stereocenters. The average Bonchev–Trinajstić information content (AvgIpc) is 2.69. The predicted octanol–water partition coefficient (Wildman–Crippen LogP) is 2.95. The van der Waals surface area contributed by atoms with Crippen LogP contribution in [0.4, 0.5) is 0 Å². The Morgan fingerprint density at radius 2 is 2.04 bits per heavy atom. The van der Waals surface area contributed by atoms with E-state index in [1.165, 1.54) is 12.8 Å². The van der Waals surface area contributed by atoms with Gasteiger partial charge in [0.05, 0.1) is 12.2 Å². The molecule has 1 saturated heterocycles. The molecule has 2 heterocycles. The Labute approximate surface area is 188 Å². The summed E-state index contributed by atoms with van der Waals surface area (Å²) in [4.78, 5) is 14.1. The van der Waals surface area contributed by atoms with Crippen LogP contribution < -0.4 is 10.6 Å². The van der Waals surface area contributed by atoms with Gasteiger partial charge in [0, 0.05) is 45.0 Å². The second kappa shape index (κ2) is 15.0. The fourth-order valence-electron chi connectivity index (χ4n) is 3.34. The third-order valence-corrected chi connectivity index (χ3v) is 5.03. The van der Waals surface area contributed by atoms with E-state index in [-0.39, 0.29) is 24.0 Å². The molecule has 0 bridgehead atoms. The number of likely N-dealkylation sites (N-methyl/N-ethyl adjacent to an activating group) is 1. The van der Waals surface area contributed by atoms with E-state index in [1.54, 1.807) is 0 Å². The smallest absolute Gasteiger partial charge is 0.191 e. The number of piperidine rings is 1. The summed E-state index contributed by atoms with van der Waals surface area (Å²) in [5, 5.41) is 7.03. The minimum atomic E-state index is 0. The normalized spacial score (nSPS) is 16.1. The fraction of sp³-hybridized carbons (Fsp3) is 0.714. The van der Waals surface area contributed by atoms with Crippen molar-refractivity contribution in [2.24, 2.45) is 4.99 Å². The fourth-order valence-corrected chi connectivity index (χ4v) is 3.34. The quantitative estimate of drug-likeness (QED) is 0.293.